The van der Waals surface area contributed by atoms with E-state index >= 15 is 0 Å². The monoisotopic (exact) mass is 326 g/mol. The number of fused-ring (bicyclic) bond motifs is 1. The Morgan fingerprint density at radius 2 is 2.10 bits per heavy atom. The molecule has 7 heteroatoms. The van der Waals surface area contributed by atoms with E-state index < -0.39 is 17.5 Å². The van der Waals surface area contributed by atoms with Crippen molar-refractivity contribution in [3.05, 3.63) is 45.2 Å². The van der Waals surface area contributed by atoms with E-state index in [1.807, 2.05) is 17.8 Å². The molecule has 0 saturated heterocycles. The molecule has 0 radical (unpaired) electrons. The number of anilines is 2. The first-order valence-electron chi connectivity index (χ1n) is 6.30. The molecule has 3 N–H and O–H groups in total. The van der Waals surface area contributed by atoms with E-state index in [0.29, 0.717) is 10.9 Å². The van der Waals surface area contributed by atoms with Gasteiger partial charge in [-0.15, -0.1) is 11.3 Å². The van der Waals surface area contributed by atoms with Crippen molar-refractivity contribution in [3.8, 4) is 0 Å². The van der Waals surface area contributed by atoms with Crippen molar-refractivity contribution in [2.24, 2.45) is 0 Å². The summed E-state index contributed by atoms with van der Waals surface area (Å²) >= 11 is 3.24. The van der Waals surface area contributed by atoms with Gasteiger partial charge in [0.15, 0.2) is 5.82 Å². The molecule has 3 nitrogen and oxygen atoms in total. The number of benzene rings is 1. The van der Waals surface area contributed by atoms with Crippen LogP contribution in [0.4, 0.5) is 20.2 Å². The van der Waals surface area contributed by atoms with Crippen LogP contribution in [0.5, 0.6) is 0 Å². The highest BCUT2D eigenvalue weighted by Gasteiger charge is 2.19. The number of nitrogens with one attached hydrogen (secondary N) is 1. The van der Waals surface area contributed by atoms with E-state index in [4.69, 9.17) is 5.73 Å². The largest absolute Gasteiger partial charge is 0.397 e. The molecular weight excluding hydrogens is 314 g/mol. The fourth-order valence-corrected chi connectivity index (χ4v) is 4.43. The molecule has 0 saturated carbocycles. The van der Waals surface area contributed by atoms with Gasteiger partial charge < -0.3 is 11.1 Å². The lowest BCUT2D eigenvalue weighted by molar-refractivity contribution is 0.103. The fraction of sp³-hybridized carbons (Fsp3) is 0.214. The van der Waals surface area contributed by atoms with Crippen LogP contribution in [0, 0.1) is 11.6 Å². The molecule has 0 bridgehead atoms. The molecule has 1 aliphatic heterocycles. The number of hydrogen-bond acceptors (Lipinski definition) is 4. The van der Waals surface area contributed by atoms with Crippen LogP contribution in [-0.4, -0.2) is 11.7 Å². The summed E-state index contributed by atoms with van der Waals surface area (Å²) in [6.45, 7) is 0. The summed E-state index contributed by atoms with van der Waals surface area (Å²) in [5, 5.41) is 2.43. The molecule has 2 heterocycles. The Kier molecular flexibility index (Phi) is 3.86. The van der Waals surface area contributed by atoms with Crippen molar-refractivity contribution < 1.29 is 13.6 Å². The van der Waals surface area contributed by atoms with Crippen molar-refractivity contribution >= 4 is 40.4 Å². The molecule has 1 aromatic heterocycles. The van der Waals surface area contributed by atoms with E-state index in [2.05, 4.69) is 5.32 Å². The SMILES string of the molecule is Nc1cc(F)cc(F)c1NC(=O)c1cc2c(s1)CCSC2. The van der Waals surface area contributed by atoms with E-state index in [1.54, 1.807) is 0 Å². The Morgan fingerprint density at radius 1 is 1.29 bits per heavy atom. The lowest BCUT2D eigenvalue weighted by Crippen LogP contribution is -2.13. The van der Waals surface area contributed by atoms with Crippen molar-refractivity contribution in [1.29, 1.82) is 0 Å². The number of carbonyl (C=O) groups excluding carboxylic acids is 1. The van der Waals surface area contributed by atoms with Gasteiger partial charge in [0.2, 0.25) is 0 Å². The van der Waals surface area contributed by atoms with Gasteiger partial charge in [0.1, 0.15) is 11.5 Å². The number of rotatable bonds is 2. The minimum absolute atomic E-state index is 0.127. The molecule has 3 rings (SSSR count). The van der Waals surface area contributed by atoms with E-state index in [0.717, 1.165) is 29.6 Å². The third-order valence-corrected chi connectivity index (χ3v) is 5.42. The molecule has 0 fully saturated rings. The number of thiophene rings is 1. The first-order valence-corrected chi connectivity index (χ1v) is 8.27. The first kappa shape index (κ1) is 14.3. The number of nitrogen functional groups attached to an aromatic ring is 1. The average Bonchev–Trinajstić information content (AvgIpc) is 2.86. The van der Waals surface area contributed by atoms with Crippen molar-refractivity contribution in [3.63, 3.8) is 0 Å². The Balaban J connectivity index is 1.85. The van der Waals surface area contributed by atoms with Gasteiger partial charge in [-0.25, -0.2) is 8.78 Å². The van der Waals surface area contributed by atoms with E-state index in [9.17, 15) is 13.6 Å². The van der Waals surface area contributed by atoms with Gasteiger partial charge in [-0.05, 0) is 29.9 Å². The van der Waals surface area contributed by atoms with Crippen LogP contribution in [0.25, 0.3) is 0 Å². The lowest BCUT2D eigenvalue weighted by atomic mass is 10.2. The Morgan fingerprint density at radius 3 is 2.81 bits per heavy atom. The summed E-state index contributed by atoms with van der Waals surface area (Å²) in [5.74, 6) is -0.124. The number of aryl methyl sites for hydroxylation is 1. The zero-order valence-electron chi connectivity index (χ0n) is 10.9. The summed E-state index contributed by atoms with van der Waals surface area (Å²) in [7, 11) is 0. The van der Waals surface area contributed by atoms with Crippen molar-refractivity contribution in [2.45, 2.75) is 12.2 Å². The summed E-state index contributed by atoms with van der Waals surface area (Å²) in [4.78, 5) is 13.9. The zero-order valence-corrected chi connectivity index (χ0v) is 12.5. The van der Waals surface area contributed by atoms with Gasteiger partial charge >= 0.3 is 0 Å². The normalized spacial score (nSPS) is 13.8. The summed E-state index contributed by atoms with van der Waals surface area (Å²) in [6, 6.07) is 3.51. The fourth-order valence-electron chi connectivity index (χ4n) is 2.16. The second-order valence-corrected chi connectivity index (χ2v) is 6.91. The molecule has 1 aliphatic rings. The Labute approximate surface area is 128 Å². The highest BCUT2D eigenvalue weighted by atomic mass is 32.2. The highest BCUT2D eigenvalue weighted by Crippen LogP contribution is 2.32. The maximum Gasteiger partial charge on any atom is 0.265 e. The molecular formula is C14H12F2N2OS2. The number of hydrogen-bond donors (Lipinski definition) is 2. The number of amides is 1. The molecule has 0 unspecified atom stereocenters. The molecule has 1 aromatic carbocycles. The number of thioether (sulfide) groups is 1. The Hall–Kier alpha value is -1.60. The molecule has 0 spiro atoms. The number of nitrogens with two attached hydrogens (primary N) is 1. The van der Waals surface area contributed by atoms with Crippen LogP contribution in [0.15, 0.2) is 18.2 Å². The third-order valence-electron chi connectivity index (χ3n) is 3.18. The molecule has 21 heavy (non-hydrogen) atoms. The lowest BCUT2D eigenvalue weighted by Gasteiger charge is -2.08. The minimum Gasteiger partial charge on any atom is -0.397 e. The van der Waals surface area contributed by atoms with E-state index in [1.165, 1.54) is 16.2 Å². The van der Waals surface area contributed by atoms with Gasteiger partial charge in [-0.3, -0.25) is 4.79 Å². The van der Waals surface area contributed by atoms with Crippen LogP contribution in [0.1, 0.15) is 20.1 Å². The molecule has 110 valence electrons. The third kappa shape index (κ3) is 2.89. The topological polar surface area (TPSA) is 55.1 Å². The van der Waals surface area contributed by atoms with Crippen molar-refractivity contribution in [2.75, 3.05) is 16.8 Å². The Bertz CT molecular complexity index is 668. The van der Waals surface area contributed by atoms with Crippen LogP contribution in [-0.2, 0) is 12.2 Å². The van der Waals surface area contributed by atoms with Crippen LogP contribution in [0.3, 0.4) is 0 Å². The quantitative estimate of drug-likeness (QED) is 0.828. The molecule has 1 amide bonds. The highest BCUT2D eigenvalue weighted by molar-refractivity contribution is 7.98. The predicted molar refractivity (Wildman–Crippen MR) is 82.9 cm³/mol. The standard InChI is InChI=1S/C14H12F2N2OS2/c15-8-4-9(16)13(10(17)5-8)18-14(19)12-3-7-6-20-2-1-11(7)21-12/h3-5H,1-2,6,17H2,(H,18,19). The molecule has 0 atom stereocenters. The summed E-state index contributed by atoms with van der Waals surface area (Å²) in [5.41, 5.74) is 6.41. The summed E-state index contributed by atoms with van der Waals surface area (Å²) in [6.07, 6.45) is 0.949. The van der Waals surface area contributed by atoms with Gasteiger partial charge in [-0.2, -0.15) is 11.8 Å². The maximum atomic E-state index is 13.7. The van der Waals surface area contributed by atoms with Gasteiger partial charge in [0, 0.05) is 16.7 Å². The smallest absolute Gasteiger partial charge is 0.265 e. The van der Waals surface area contributed by atoms with Gasteiger partial charge in [0.05, 0.1) is 10.6 Å². The second kappa shape index (κ2) is 5.65. The average molecular weight is 326 g/mol. The summed E-state index contributed by atoms with van der Waals surface area (Å²) < 4.78 is 26.7. The number of carbonyl (C=O) groups is 1. The number of halogens is 2. The minimum atomic E-state index is -0.877. The molecule has 0 aliphatic carbocycles. The molecule has 2 aromatic rings. The maximum absolute atomic E-state index is 13.7. The van der Waals surface area contributed by atoms with Crippen molar-refractivity contribution in [1.82, 2.24) is 0 Å². The first-order chi connectivity index (χ1) is 10.0. The van der Waals surface area contributed by atoms with Crippen LogP contribution >= 0.6 is 23.1 Å². The zero-order chi connectivity index (χ0) is 15.0. The van der Waals surface area contributed by atoms with Gasteiger partial charge in [0.25, 0.3) is 5.91 Å². The van der Waals surface area contributed by atoms with Gasteiger partial charge in [-0.1, -0.05) is 0 Å². The van der Waals surface area contributed by atoms with E-state index in [-0.39, 0.29) is 11.4 Å². The predicted octanol–water partition coefficient (Wildman–Crippen LogP) is 3.65. The van der Waals surface area contributed by atoms with Crippen LogP contribution < -0.4 is 11.1 Å². The van der Waals surface area contributed by atoms with Crippen LogP contribution in [0.2, 0.25) is 0 Å². The second-order valence-electron chi connectivity index (χ2n) is 4.67.